The van der Waals surface area contributed by atoms with Crippen LogP contribution in [0.4, 0.5) is 0 Å². The number of rotatable bonds is 3. The van der Waals surface area contributed by atoms with Crippen LogP contribution < -0.4 is 0 Å². The van der Waals surface area contributed by atoms with Gasteiger partial charge in [0, 0.05) is 23.5 Å². The fraction of sp³-hybridized carbons (Fsp3) is 0.429. The first-order valence-electron chi connectivity index (χ1n) is 6.10. The molecule has 0 unspecified atom stereocenters. The van der Waals surface area contributed by atoms with Crippen molar-refractivity contribution in [3.05, 3.63) is 36.0 Å². The molecular weight excluding hydrogens is 214 g/mol. The van der Waals surface area contributed by atoms with Gasteiger partial charge in [-0.1, -0.05) is 12.1 Å². The van der Waals surface area contributed by atoms with Crippen LogP contribution in [0.2, 0.25) is 0 Å². The zero-order chi connectivity index (χ0) is 11.7. The lowest BCUT2D eigenvalue weighted by molar-refractivity contribution is -0.146. The average Bonchev–Trinajstić information content (AvgIpc) is 2.95. The van der Waals surface area contributed by atoms with Gasteiger partial charge in [0.15, 0.2) is 5.79 Å². The van der Waals surface area contributed by atoms with Crippen molar-refractivity contribution in [1.82, 2.24) is 4.98 Å². The molecule has 2 aromatic rings. The summed E-state index contributed by atoms with van der Waals surface area (Å²) in [5, 5.41) is 1.30. The summed E-state index contributed by atoms with van der Waals surface area (Å²) in [6.07, 6.45) is 3.86. The van der Waals surface area contributed by atoms with E-state index in [0.29, 0.717) is 13.2 Å². The predicted molar refractivity (Wildman–Crippen MR) is 66.9 cm³/mol. The smallest absolute Gasteiger partial charge is 0.166 e. The van der Waals surface area contributed by atoms with Crippen molar-refractivity contribution in [1.29, 1.82) is 0 Å². The summed E-state index contributed by atoms with van der Waals surface area (Å²) >= 11 is 0. The average molecular weight is 231 g/mol. The van der Waals surface area contributed by atoms with Crippen molar-refractivity contribution < 1.29 is 9.47 Å². The van der Waals surface area contributed by atoms with E-state index in [2.05, 4.69) is 29.2 Å². The molecule has 0 aliphatic carbocycles. The highest BCUT2D eigenvalue weighted by Gasteiger charge is 2.30. The highest BCUT2D eigenvalue weighted by molar-refractivity contribution is 5.82. The molecule has 0 atom stereocenters. The van der Waals surface area contributed by atoms with Crippen LogP contribution in [0.3, 0.4) is 0 Å². The molecule has 3 nitrogen and oxygen atoms in total. The third-order valence-corrected chi connectivity index (χ3v) is 3.43. The Morgan fingerprint density at radius 3 is 2.88 bits per heavy atom. The number of hydrogen-bond donors (Lipinski definition) is 1. The zero-order valence-electron chi connectivity index (χ0n) is 10.0. The standard InChI is InChI=1S/C14H17NO2/c1-14(16-9-10-17-14)7-5-11-3-2-4-13-12(11)6-8-15-13/h2-4,6,8,15H,5,7,9-10H2,1H3. The van der Waals surface area contributed by atoms with Gasteiger partial charge in [0.2, 0.25) is 0 Å². The fourth-order valence-electron chi connectivity index (χ4n) is 2.43. The van der Waals surface area contributed by atoms with E-state index in [9.17, 15) is 0 Å². The van der Waals surface area contributed by atoms with Gasteiger partial charge in [0.1, 0.15) is 0 Å². The zero-order valence-corrected chi connectivity index (χ0v) is 10.0. The van der Waals surface area contributed by atoms with Gasteiger partial charge in [0.25, 0.3) is 0 Å². The van der Waals surface area contributed by atoms with Gasteiger partial charge in [-0.05, 0) is 31.0 Å². The third kappa shape index (κ3) is 2.08. The predicted octanol–water partition coefficient (Wildman–Crippen LogP) is 2.86. The Hall–Kier alpha value is -1.32. The number of nitrogens with one attached hydrogen (secondary N) is 1. The van der Waals surface area contributed by atoms with Gasteiger partial charge < -0.3 is 14.5 Å². The lowest BCUT2D eigenvalue weighted by atomic mass is 10.0. The highest BCUT2D eigenvalue weighted by Crippen LogP contribution is 2.26. The summed E-state index contributed by atoms with van der Waals surface area (Å²) in [4.78, 5) is 3.23. The molecule has 0 saturated carbocycles. The second kappa shape index (κ2) is 4.17. The van der Waals surface area contributed by atoms with Gasteiger partial charge in [-0.2, -0.15) is 0 Å². The second-order valence-electron chi connectivity index (χ2n) is 4.69. The molecule has 3 rings (SSSR count). The molecule has 1 aromatic carbocycles. The van der Waals surface area contributed by atoms with E-state index in [1.807, 2.05) is 13.1 Å². The first-order valence-corrected chi connectivity index (χ1v) is 6.10. The quantitative estimate of drug-likeness (QED) is 0.881. The largest absolute Gasteiger partial charge is 0.361 e. The maximum atomic E-state index is 5.63. The van der Waals surface area contributed by atoms with Crippen LogP contribution in [-0.4, -0.2) is 24.0 Å². The molecule has 0 amide bonds. The van der Waals surface area contributed by atoms with Gasteiger partial charge in [-0.3, -0.25) is 0 Å². The molecule has 1 aliphatic rings. The van der Waals surface area contributed by atoms with E-state index in [1.54, 1.807) is 0 Å². The maximum absolute atomic E-state index is 5.63. The van der Waals surface area contributed by atoms with Crippen molar-refractivity contribution in [2.45, 2.75) is 25.6 Å². The summed E-state index contributed by atoms with van der Waals surface area (Å²) < 4.78 is 11.3. The van der Waals surface area contributed by atoms with Gasteiger partial charge in [0.05, 0.1) is 13.2 Å². The molecule has 1 fully saturated rings. The third-order valence-electron chi connectivity index (χ3n) is 3.43. The molecule has 0 spiro atoms. The van der Waals surface area contributed by atoms with E-state index in [1.165, 1.54) is 16.5 Å². The molecule has 3 heteroatoms. The van der Waals surface area contributed by atoms with E-state index < -0.39 is 5.79 Å². The first kappa shape index (κ1) is 10.8. The number of fused-ring (bicyclic) bond motifs is 1. The molecular formula is C14H17NO2. The van der Waals surface area contributed by atoms with Crippen molar-refractivity contribution in [3.8, 4) is 0 Å². The van der Waals surface area contributed by atoms with Crippen LogP contribution >= 0.6 is 0 Å². The molecule has 17 heavy (non-hydrogen) atoms. The van der Waals surface area contributed by atoms with Crippen molar-refractivity contribution >= 4 is 10.9 Å². The SMILES string of the molecule is CC1(CCc2cccc3[nH]ccc23)OCCO1. The van der Waals surface area contributed by atoms with Crippen LogP contribution in [-0.2, 0) is 15.9 Å². The Kier molecular flexibility index (Phi) is 2.65. The Balaban J connectivity index is 1.78. The van der Waals surface area contributed by atoms with Crippen LogP contribution in [0, 0.1) is 0 Å². The van der Waals surface area contributed by atoms with E-state index >= 15 is 0 Å². The number of aromatic amines is 1. The minimum Gasteiger partial charge on any atom is -0.361 e. The summed E-state index contributed by atoms with van der Waals surface area (Å²) in [7, 11) is 0. The molecule has 2 heterocycles. The maximum Gasteiger partial charge on any atom is 0.166 e. The molecule has 0 radical (unpaired) electrons. The molecule has 1 N–H and O–H groups in total. The fourth-order valence-corrected chi connectivity index (χ4v) is 2.43. The Morgan fingerprint density at radius 1 is 1.24 bits per heavy atom. The van der Waals surface area contributed by atoms with E-state index in [4.69, 9.17) is 9.47 Å². The number of ether oxygens (including phenoxy) is 2. The molecule has 90 valence electrons. The van der Waals surface area contributed by atoms with Gasteiger partial charge in [-0.15, -0.1) is 0 Å². The second-order valence-corrected chi connectivity index (χ2v) is 4.69. The number of aromatic nitrogens is 1. The number of H-pyrrole nitrogens is 1. The Labute approximate surface area is 101 Å². The normalized spacial score (nSPS) is 18.9. The van der Waals surface area contributed by atoms with Crippen molar-refractivity contribution in [3.63, 3.8) is 0 Å². The minimum absolute atomic E-state index is 0.390. The van der Waals surface area contributed by atoms with E-state index in [-0.39, 0.29) is 0 Å². The number of benzene rings is 1. The lowest BCUT2D eigenvalue weighted by Crippen LogP contribution is -2.26. The van der Waals surface area contributed by atoms with Gasteiger partial charge in [-0.25, -0.2) is 0 Å². The topological polar surface area (TPSA) is 34.2 Å². The monoisotopic (exact) mass is 231 g/mol. The van der Waals surface area contributed by atoms with Gasteiger partial charge >= 0.3 is 0 Å². The van der Waals surface area contributed by atoms with Crippen LogP contribution in [0.1, 0.15) is 18.9 Å². The van der Waals surface area contributed by atoms with Crippen molar-refractivity contribution in [2.75, 3.05) is 13.2 Å². The summed E-state index contributed by atoms with van der Waals surface area (Å²) in [5.41, 5.74) is 2.55. The van der Waals surface area contributed by atoms with Crippen molar-refractivity contribution in [2.24, 2.45) is 0 Å². The Bertz CT molecular complexity index is 512. The first-order chi connectivity index (χ1) is 8.27. The summed E-state index contributed by atoms with van der Waals surface area (Å²) in [6, 6.07) is 8.49. The lowest BCUT2D eigenvalue weighted by Gasteiger charge is -2.22. The Morgan fingerprint density at radius 2 is 2.06 bits per heavy atom. The number of hydrogen-bond acceptors (Lipinski definition) is 2. The van der Waals surface area contributed by atoms with Crippen LogP contribution in [0.15, 0.2) is 30.5 Å². The molecule has 1 aromatic heterocycles. The molecule has 1 saturated heterocycles. The molecule has 0 bridgehead atoms. The minimum atomic E-state index is -0.390. The summed E-state index contributed by atoms with van der Waals surface area (Å²) in [5.74, 6) is -0.390. The number of aryl methyl sites for hydroxylation is 1. The highest BCUT2D eigenvalue weighted by atomic mass is 16.7. The van der Waals surface area contributed by atoms with E-state index in [0.717, 1.165) is 12.8 Å². The summed E-state index contributed by atoms with van der Waals surface area (Å²) in [6.45, 7) is 3.45. The molecule has 1 aliphatic heterocycles. The van der Waals surface area contributed by atoms with Crippen LogP contribution in [0.25, 0.3) is 10.9 Å². The van der Waals surface area contributed by atoms with Crippen LogP contribution in [0.5, 0.6) is 0 Å².